The van der Waals surface area contributed by atoms with Crippen LogP contribution in [-0.2, 0) is 0 Å². The highest BCUT2D eigenvalue weighted by Gasteiger charge is 2.09. The first kappa shape index (κ1) is 15.1. The van der Waals surface area contributed by atoms with Crippen LogP contribution in [0.3, 0.4) is 0 Å². The minimum absolute atomic E-state index is 0.589. The first-order valence-corrected chi connectivity index (χ1v) is 8.10. The van der Waals surface area contributed by atoms with Gasteiger partial charge in [0.15, 0.2) is 0 Å². The van der Waals surface area contributed by atoms with E-state index in [0.29, 0.717) is 5.71 Å². The van der Waals surface area contributed by atoms with Gasteiger partial charge in [0.2, 0.25) is 0 Å². The Morgan fingerprint density at radius 3 is 1.96 bits per heavy atom. The third-order valence-corrected chi connectivity index (χ3v) is 4.31. The molecule has 0 spiro atoms. The number of nitrogens with zero attached hydrogens (tertiary/aromatic N) is 2. The van der Waals surface area contributed by atoms with Crippen LogP contribution in [0.15, 0.2) is 78.0 Å². The van der Waals surface area contributed by atoms with Crippen LogP contribution in [-0.4, -0.2) is 15.9 Å². The number of pyridine rings is 1. The average molecular weight is 327 g/mol. The molecule has 0 aliphatic rings. The summed E-state index contributed by atoms with van der Waals surface area (Å²) in [5.74, 6) is 0. The number of hydrogen-bond donors (Lipinski definition) is 2. The summed E-state index contributed by atoms with van der Waals surface area (Å²) in [6, 6.07) is 24.1. The second kappa shape index (κ2) is 6.24. The van der Waals surface area contributed by atoms with Crippen LogP contribution in [0.2, 0.25) is 0 Å². The Labute approximate surface area is 145 Å². The van der Waals surface area contributed by atoms with Crippen molar-refractivity contribution in [2.75, 3.05) is 5.32 Å². The second-order valence-electron chi connectivity index (χ2n) is 5.91. The van der Waals surface area contributed by atoms with Gasteiger partial charge in [-0.15, -0.1) is 0 Å². The van der Waals surface area contributed by atoms with Crippen molar-refractivity contribution in [3.63, 3.8) is 0 Å². The van der Waals surface area contributed by atoms with Gasteiger partial charge in [0, 0.05) is 16.5 Å². The smallest absolute Gasteiger partial charge is 0.0836 e. The molecule has 25 heavy (non-hydrogen) atoms. The average Bonchev–Trinajstić information content (AvgIpc) is 2.67. The van der Waals surface area contributed by atoms with Crippen molar-refractivity contribution in [3.8, 4) is 0 Å². The molecule has 0 fully saturated rings. The fourth-order valence-electron chi connectivity index (χ4n) is 2.97. The Hall–Kier alpha value is -3.40. The van der Waals surface area contributed by atoms with Crippen molar-refractivity contribution in [2.24, 2.45) is 5.16 Å². The number of anilines is 2. The van der Waals surface area contributed by atoms with Crippen molar-refractivity contribution >= 4 is 38.9 Å². The summed E-state index contributed by atoms with van der Waals surface area (Å²) in [7, 11) is 0. The Morgan fingerprint density at radius 1 is 0.840 bits per heavy atom. The Balaban J connectivity index is 1.84. The van der Waals surface area contributed by atoms with E-state index in [9.17, 15) is 0 Å². The van der Waals surface area contributed by atoms with Gasteiger partial charge in [0.1, 0.15) is 0 Å². The molecule has 0 unspecified atom stereocenters. The third kappa shape index (κ3) is 2.78. The summed E-state index contributed by atoms with van der Waals surface area (Å²) < 4.78 is 0. The van der Waals surface area contributed by atoms with Crippen molar-refractivity contribution in [1.82, 2.24) is 4.98 Å². The molecule has 2 N–H and O–H groups in total. The van der Waals surface area contributed by atoms with Crippen molar-refractivity contribution in [2.45, 2.75) is 6.92 Å². The molecule has 0 aliphatic heterocycles. The number of nitrogens with one attached hydrogen (secondary N) is 1. The SMILES string of the molecule is C/C(=N\O)c1ccc(Nc2c3ccccc3nc3ccccc23)cc1. The lowest BCUT2D eigenvalue weighted by molar-refractivity contribution is 0.319. The van der Waals surface area contributed by atoms with Gasteiger partial charge in [-0.2, -0.15) is 0 Å². The van der Waals surface area contributed by atoms with Crippen molar-refractivity contribution < 1.29 is 5.21 Å². The normalized spacial score (nSPS) is 11.8. The second-order valence-corrected chi connectivity index (χ2v) is 5.91. The first-order chi connectivity index (χ1) is 12.3. The molecule has 0 saturated carbocycles. The number of benzene rings is 3. The summed E-state index contributed by atoms with van der Waals surface area (Å²) >= 11 is 0. The molecule has 4 aromatic rings. The van der Waals surface area contributed by atoms with Crippen LogP contribution in [0, 0.1) is 0 Å². The van der Waals surface area contributed by atoms with E-state index in [2.05, 4.69) is 22.6 Å². The van der Waals surface area contributed by atoms with Crippen molar-refractivity contribution in [3.05, 3.63) is 78.4 Å². The van der Waals surface area contributed by atoms with Crippen LogP contribution in [0.1, 0.15) is 12.5 Å². The molecule has 1 aromatic heterocycles. The molecule has 3 aromatic carbocycles. The topological polar surface area (TPSA) is 57.5 Å². The summed E-state index contributed by atoms with van der Waals surface area (Å²) in [6.45, 7) is 1.77. The lowest BCUT2D eigenvalue weighted by atomic mass is 10.1. The molecule has 4 nitrogen and oxygen atoms in total. The summed E-state index contributed by atoms with van der Waals surface area (Å²) in [5.41, 5.74) is 5.41. The van der Waals surface area contributed by atoms with Gasteiger partial charge in [-0.3, -0.25) is 0 Å². The molecule has 0 amide bonds. The number of oxime groups is 1. The van der Waals surface area contributed by atoms with Gasteiger partial charge in [0.25, 0.3) is 0 Å². The van der Waals surface area contributed by atoms with E-state index < -0.39 is 0 Å². The minimum atomic E-state index is 0.589. The van der Waals surface area contributed by atoms with E-state index in [-0.39, 0.29) is 0 Å². The standard InChI is InChI=1S/C21H17N3O/c1-14(24-25)15-10-12-16(13-11-15)22-21-17-6-2-4-8-19(17)23-20-9-5-3-7-18(20)21/h2-13,25H,1H3,(H,22,23)/b24-14+. The van der Waals surface area contributed by atoms with E-state index in [1.54, 1.807) is 6.92 Å². The lowest BCUT2D eigenvalue weighted by Gasteiger charge is -2.13. The molecule has 4 rings (SSSR count). The van der Waals surface area contributed by atoms with Crippen LogP contribution in [0.4, 0.5) is 11.4 Å². The largest absolute Gasteiger partial charge is 0.411 e. The number of hydrogen-bond acceptors (Lipinski definition) is 4. The maximum atomic E-state index is 8.89. The number of aromatic nitrogens is 1. The van der Waals surface area contributed by atoms with E-state index in [4.69, 9.17) is 10.2 Å². The number of para-hydroxylation sites is 2. The van der Waals surface area contributed by atoms with Crippen LogP contribution in [0.5, 0.6) is 0 Å². The van der Waals surface area contributed by atoms with Gasteiger partial charge in [-0.05, 0) is 36.8 Å². The summed E-state index contributed by atoms with van der Waals surface area (Å²) in [6.07, 6.45) is 0. The molecule has 1 heterocycles. The zero-order chi connectivity index (χ0) is 17.2. The number of fused-ring (bicyclic) bond motifs is 2. The van der Waals surface area contributed by atoms with E-state index in [1.807, 2.05) is 60.7 Å². The van der Waals surface area contributed by atoms with Crippen molar-refractivity contribution in [1.29, 1.82) is 0 Å². The lowest BCUT2D eigenvalue weighted by Crippen LogP contribution is -1.97. The third-order valence-electron chi connectivity index (χ3n) is 4.31. The van der Waals surface area contributed by atoms with Gasteiger partial charge in [-0.1, -0.05) is 53.7 Å². The van der Waals surface area contributed by atoms with Crippen LogP contribution < -0.4 is 5.32 Å². The van der Waals surface area contributed by atoms with E-state index >= 15 is 0 Å². The summed E-state index contributed by atoms with van der Waals surface area (Å²) in [5, 5.41) is 17.8. The number of rotatable bonds is 3. The van der Waals surface area contributed by atoms with Gasteiger partial charge in [0.05, 0.1) is 22.4 Å². The molecule has 0 radical (unpaired) electrons. The molecule has 122 valence electrons. The predicted molar refractivity (Wildman–Crippen MR) is 103 cm³/mol. The van der Waals surface area contributed by atoms with Gasteiger partial charge >= 0.3 is 0 Å². The van der Waals surface area contributed by atoms with Gasteiger partial charge in [-0.25, -0.2) is 4.98 Å². The Morgan fingerprint density at radius 2 is 1.40 bits per heavy atom. The highest BCUT2D eigenvalue weighted by Crippen LogP contribution is 2.32. The fraction of sp³-hybridized carbons (Fsp3) is 0.0476. The molecule has 4 heteroatoms. The Bertz CT molecular complexity index is 1030. The zero-order valence-corrected chi connectivity index (χ0v) is 13.8. The molecule has 0 saturated heterocycles. The minimum Gasteiger partial charge on any atom is -0.411 e. The predicted octanol–water partition coefficient (Wildman–Crippen LogP) is 5.33. The zero-order valence-electron chi connectivity index (χ0n) is 13.8. The highest BCUT2D eigenvalue weighted by molar-refractivity contribution is 6.08. The molecule has 0 aliphatic carbocycles. The molecule has 0 atom stereocenters. The van der Waals surface area contributed by atoms with Crippen LogP contribution >= 0.6 is 0 Å². The monoisotopic (exact) mass is 327 g/mol. The maximum absolute atomic E-state index is 8.89. The quantitative estimate of drug-likeness (QED) is 0.231. The Kier molecular flexibility index (Phi) is 3.78. The van der Waals surface area contributed by atoms with E-state index in [1.165, 1.54) is 0 Å². The highest BCUT2D eigenvalue weighted by atomic mass is 16.4. The fourth-order valence-corrected chi connectivity index (χ4v) is 2.97. The van der Waals surface area contributed by atoms with Crippen LogP contribution in [0.25, 0.3) is 21.8 Å². The molecular formula is C21H17N3O. The summed E-state index contributed by atoms with van der Waals surface area (Å²) in [4.78, 5) is 4.74. The first-order valence-electron chi connectivity index (χ1n) is 8.10. The molecular weight excluding hydrogens is 310 g/mol. The molecule has 0 bridgehead atoms. The maximum Gasteiger partial charge on any atom is 0.0836 e. The van der Waals surface area contributed by atoms with Gasteiger partial charge < -0.3 is 10.5 Å². The van der Waals surface area contributed by atoms with E-state index in [0.717, 1.165) is 38.7 Å².